The van der Waals surface area contributed by atoms with Gasteiger partial charge in [-0.05, 0) is 30.9 Å². The lowest BCUT2D eigenvalue weighted by atomic mass is 9.77. The number of nitrogens with zero attached hydrogens (tertiary/aromatic N) is 5. The van der Waals surface area contributed by atoms with Crippen LogP contribution in [-0.2, 0) is 13.1 Å². The van der Waals surface area contributed by atoms with E-state index < -0.39 is 17.5 Å². The van der Waals surface area contributed by atoms with E-state index in [9.17, 15) is 13.2 Å². The highest BCUT2D eigenvalue weighted by atomic mass is 19.2. The summed E-state index contributed by atoms with van der Waals surface area (Å²) < 4.78 is 42.7. The lowest BCUT2D eigenvalue weighted by molar-refractivity contribution is 0.136. The number of nitrogens with two attached hydrogens (primary N) is 1. The molecule has 9 heteroatoms. The number of benzene rings is 1. The number of aromatic nitrogens is 4. The lowest BCUT2D eigenvalue weighted by Gasteiger charge is -2.38. The van der Waals surface area contributed by atoms with E-state index in [0.717, 1.165) is 35.9 Å². The molecule has 3 aromatic rings. The molecule has 1 aliphatic carbocycles. The van der Waals surface area contributed by atoms with Crippen molar-refractivity contribution >= 4 is 5.65 Å². The van der Waals surface area contributed by atoms with E-state index in [1.807, 2.05) is 0 Å². The zero-order valence-electron chi connectivity index (χ0n) is 15.0. The van der Waals surface area contributed by atoms with Crippen LogP contribution in [0.15, 0.2) is 24.8 Å². The number of halogens is 3. The van der Waals surface area contributed by atoms with E-state index in [0.29, 0.717) is 25.5 Å². The first-order valence-electron chi connectivity index (χ1n) is 9.31. The summed E-state index contributed by atoms with van der Waals surface area (Å²) in [5.74, 6) is -3.26. The Bertz CT molecular complexity index is 1050. The molecule has 1 aliphatic heterocycles. The quantitative estimate of drug-likeness (QED) is 0.683. The van der Waals surface area contributed by atoms with Gasteiger partial charge in [0.15, 0.2) is 17.3 Å². The fraction of sp³-hybridized carbons (Fsp3) is 0.421. The third-order valence-electron chi connectivity index (χ3n) is 6.03. The fourth-order valence-corrected chi connectivity index (χ4v) is 4.62. The summed E-state index contributed by atoms with van der Waals surface area (Å²) in [6.07, 6.45) is 5.24. The van der Waals surface area contributed by atoms with Crippen LogP contribution in [0.1, 0.15) is 42.0 Å². The highest BCUT2D eigenvalue weighted by molar-refractivity contribution is 5.50. The molecule has 0 spiro atoms. The van der Waals surface area contributed by atoms with Crippen LogP contribution in [-0.4, -0.2) is 36.6 Å². The second kappa shape index (κ2) is 6.52. The van der Waals surface area contributed by atoms with Gasteiger partial charge in [-0.3, -0.25) is 4.90 Å². The summed E-state index contributed by atoms with van der Waals surface area (Å²) in [6, 6.07) is 1.47. The van der Waals surface area contributed by atoms with Crippen molar-refractivity contribution in [2.45, 2.75) is 50.4 Å². The molecule has 2 aliphatic rings. The first-order chi connectivity index (χ1) is 13.5. The van der Waals surface area contributed by atoms with Gasteiger partial charge < -0.3 is 5.73 Å². The summed E-state index contributed by atoms with van der Waals surface area (Å²) >= 11 is 0. The molecule has 0 radical (unpaired) electrons. The van der Waals surface area contributed by atoms with Gasteiger partial charge in [0, 0.05) is 42.7 Å². The number of hydrogen-bond donors (Lipinski definition) is 1. The molecular formula is C19H19F3N6. The average Bonchev–Trinajstić information content (AvgIpc) is 3.23. The monoisotopic (exact) mass is 388 g/mol. The first-order valence-corrected chi connectivity index (χ1v) is 9.31. The molecule has 0 bridgehead atoms. The van der Waals surface area contributed by atoms with Crippen molar-refractivity contribution in [3.8, 4) is 0 Å². The van der Waals surface area contributed by atoms with E-state index in [1.54, 1.807) is 10.8 Å². The Hall–Kier alpha value is -2.52. The predicted molar refractivity (Wildman–Crippen MR) is 94.7 cm³/mol. The Balaban J connectivity index is 1.32. The lowest BCUT2D eigenvalue weighted by Crippen LogP contribution is -2.44. The van der Waals surface area contributed by atoms with Crippen LogP contribution < -0.4 is 5.73 Å². The van der Waals surface area contributed by atoms with Crippen LogP contribution in [0.2, 0.25) is 0 Å². The average molecular weight is 388 g/mol. The van der Waals surface area contributed by atoms with E-state index >= 15 is 0 Å². The molecule has 2 aromatic heterocycles. The van der Waals surface area contributed by atoms with Crippen molar-refractivity contribution in [3.05, 3.63) is 59.1 Å². The molecule has 3 heterocycles. The summed E-state index contributed by atoms with van der Waals surface area (Å²) in [5, 5.41) is 4.54. The second-order valence-electron chi connectivity index (χ2n) is 7.63. The van der Waals surface area contributed by atoms with E-state index in [2.05, 4.69) is 20.0 Å². The van der Waals surface area contributed by atoms with Gasteiger partial charge in [-0.25, -0.2) is 27.7 Å². The van der Waals surface area contributed by atoms with E-state index in [4.69, 9.17) is 5.73 Å². The van der Waals surface area contributed by atoms with Crippen molar-refractivity contribution in [1.82, 2.24) is 24.5 Å². The second-order valence-corrected chi connectivity index (χ2v) is 7.63. The maximum atomic E-state index is 14.2. The fourth-order valence-electron chi connectivity index (χ4n) is 4.62. The van der Waals surface area contributed by atoms with Gasteiger partial charge in [0.2, 0.25) is 0 Å². The third kappa shape index (κ3) is 2.77. The van der Waals surface area contributed by atoms with E-state index in [1.165, 1.54) is 6.33 Å². The van der Waals surface area contributed by atoms with Crippen molar-refractivity contribution in [3.63, 3.8) is 0 Å². The van der Waals surface area contributed by atoms with Crippen molar-refractivity contribution in [2.75, 3.05) is 0 Å². The predicted octanol–water partition coefficient (Wildman–Crippen LogP) is 2.52. The van der Waals surface area contributed by atoms with Crippen LogP contribution in [0, 0.1) is 17.5 Å². The minimum Gasteiger partial charge on any atom is -0.327 e. The van der Waals surface area contributed by atoms with Crippen LogP contribution >= 0.6 is 0 Å². The molecule has 2 N–H and O–H groups in total. The van der Waals surface area contributed by atoms with Crippen LogP contribution in [0.3, 0.4) is 0 Å². The molecule has 0 saturated heterocycles. The Morgan fingerprint density at radius 3 is 2.68 bits per heavy atom. The molecule has 3 atom stereocenters. The molecular weight excluding hydrogens is 369 g/mol. The number of fused-ring (bicyclic) bond motifs is 3. The summed E-state index contributed by atoms with van der Waals surface area (Å²) in [6.45, 7) is 1.44. The van der Waals surface area contributed by atoms with Gasteiger partial charge in [-0.15, -0.1) is 0 Å². The van der Waals surface area contributed by atoms with Crippen molar-refractivity contribution in [1.29, 1.82) is 0 Å². The number of rotatable bonds is 2. The van der Waals surface area contributed by atoms with Gasteiger partial charge in [0.25, 0.3) is 0 Å². The molecule has 5 rings (SSSR count). The molecule has 0 unspecified atom stereocenters. The SMILES string of the molecule is N[C@H]1C[C@@H](N2Cc3nn4cncnc4c3C2)CC[C@@H]1c1cc(F)c(F)cc1F. The Labute approximate surface area is 159 Å². The molecule has 1 saturated carbocycles. The normalized spacial score (nSPS) is 25.4. The maximum Gasteiger partial charge on any atom is 0.163 e. The highest BCUT2D eigenvalue weighted by Crippen LogP contribution is 2.38. The van der Waals surface area contributed by atoms with Crippen molar-refractivity contribution in [2.24, 2.45) is 5.73 Å². The largest absolute Gasteiger partial charge is 0.327 e. The summed E-state index contributed by atoms with van der Waals surface area (Å²) in [7, 11) is 0. The first kappa shape index (κ1) is 17.6. The maximum absolute atomic E-state index is 14.2. The van der Waals surface area contributed by atoms with E-state index in [-0.39, 0.29) is 23.6 Å². The molecule has 146 valence electrons. The van der Waals surface area contributed by atoms with Crippen LogP contribution in [0.4, 0.5) is 13.2 Å². The molecule has 1 fully saturated rings. The molecule has 0 amide bonds. The standard InChI is InChI=1S/C19H19F3N6/c20-14-5-16(22)15(21)4-12(14)11-2-1-10(3-17(11)23)27-6-13-18(7-27)26-28-9-24-8-25-19(13)28/h4-5,8-11,17H,1-3,6-7,23H2/t10-,11+,17-/m0/s1. The third-order valence-corrected chi connectivity index (χ3v) is 6.03. The minimum absolute atomic E-state index is 0.170. The number of hydrogen-bond acceptors (Lipinski definition) is 5. The zero-order valence-corrected chi connectivity index (χ0v) is 15.0. The molecule has 28 heavy (non-hydrogen) atoms. The Morgan fingerprint density at radius 1 is 1.04 bits per heavy atom. The minimum atomic E-state index is -1.17. The van der Waals surface area contributed by atoms with Gasteiger partial charge in [-0.1, -0.05) is 0 Å². The topological polar surface area (TPSA) is 72.3 Å². The van der Waals surface area contributed by atoms with Crippen LogP contribution in [0.25, 0.3) is 5.65 Å². The Kier molecular flexibility index (Phi) is 4.09. The van der Waals surface area contributed by atoms with Gasteiger partial charge in [0.1, 0.15) is 18.5 Å². The van der Waals surface area contributed by atoms with Gasteiger partial charge in [-0.2, -0.15) is 5.10 Å². The summed E-state index contributed by atoms with van der Waals surface area (Å²) in [4.78, 5) is 10.6. The van der Waals surface area contributed by atoms with Crippen molar-refractivity contribution < 1.29 is 13.2 Å². The molecule has 6 nitrogen and oxygen atoms in total. The summed E-state index contributed by atoms with van der Waals surface area (Å²) in [5.41, 5.74) is 9.42. The smallest absolute Gasteiger partial charge is 0.163 e. The Morgan fingerprint density at radius 2 is 1.86 bits per heavy atom. The highest BCUT2D eigenvalue weighted by Gasteiger charge is 2.37. The van der Waals surface area contributed by atoms with Crippen LogP contribution in [0.5, 0.6) is 0 Å². The molecule has 1 aromatic carbocycles. The van der Waals surface area contributed by atoms with Gasteiger partial charge >= 0.3 is 0 Å². The zero-order chi connectivity index (χ0) is 19.4. The van der Waals surface area contributed by atoms with Gasteiger partial charge in [0.05, 0.1) is 5.69 Å².